The molecule has 0 aliphatic carbocycles. The van der Waals surface area contributed by atoms with E-state index in [2.05, 4.69) is 5.32 Å². The Bertz CT molecular complexity index is 1400. The first kappa shape index (κ1) is 30.1. The van der Waals surface area contributed by atoms with Crippen molar-refractivity contribution in [2.75, 3.05) is 10.8 Å². The van der Waals surface area contributed by atoms with Gasteiger partial charge >= 0.3 is 0 Å². The van der Waals surface area contributed by atoms with E-state index in [0.29, 0.717) is 17.0 Å². The van der Waals surface area contributed by atoms with Crippen molar-refractivity contribution in [1.29, 1.82) is 0 Å². The van der Waals surface area contributed by atoms with Gasteiger partial charge in [-0.2, -0.15) is 0 Å². The molecule has 0 fully saturated rings. The van der Waals surface area contributed by atoms with Crippen molar-refractivity contribution < 1.29 is 22.4 Å². The van der Waals surface area contributed by atoms with Crippen molar-refractivity contribution in [3.63, 3.8) is 0 Å². The van der Waals surface area contributed by atoms with Gasteiger partial charge < -0.3 is 10.2 Å². The Morgan fingerprint density at radius 1 is 1.00 bits per heavy atom. The van der Waals surface area contributed by atoms with Crippen LogP contribution in [-0.4, -0.2) is 43.8 Å². The molecule has 0 saturated heterocycles. The molecule has 2 atom stereocenters. The number of benzene rings is 3. The zero-order chi connectivity index (χ0) is 28.7. The summed E-state index contributed by atoms with van der Waals surface area (Å²) < 4.78 is 42.1. The lowest BCUT2D eigenvalue weighted by molar-refractivity contribution is -0.139. The van der Waals surface area contributed by atoms with Gasteiger partial charge in [-0.05, 0) is 74.7 Å². The number of hydrogen-bond acceptors (Lipinski definition) is 4. The summed E-state index contributed by atoms with van der Waals surface area (Å²) in [4.78, 5) is 28.2. The Hall–Kier alpha value is -3.43. The van der Waals surface area contributed by atoms with E-state index in [0.717, 1.165) is 9.87 Å². The third-order valence-electron chi connectivity index (χ3n) is 6.49. The highest BCUT2D eigenvalue weighted by atomic mass is 35.5. The number of carbonyl (C=O) groups excluding carboxylic acids is 2. The lowest BCUT2D eigenvalue weighted by Crippen LogP contribution is -2.52. The average molecular weight is 574 g/mol. The van der Waals surface area contributed by atoms with Crippen molar-refractivity contribution in [1.82, 2.24) is 10.2 Å². The molecule has 3 aromatic carbocycles. The maximum Gasteiger partial charge on any atom is 0.264 e. The van der Waals surface area contributed by atoms with Crippen LogP contribution < -0.4 is 9.62 Å². The smallest absolute Gasteiger partial charge is 0.264 e. The monoisotopic (exact) mass is 573 g/mol. The third-order valence-corrected chi connectivity index (χ3v) is 8.68. The van der Waals surface area contributed by atoms with Crippen LogP contribution in [0.4, 0.5) is 10.1 Å². The van der Waals surface area contributed by atoms with Crippen LogP contribution in [0, 0.1) is 12.7 Å². The lowest BCUT2D eigenvalue weighted by atomic mass is 10.1. The molecular formula is C29H33ClFN3O4S. The van der Waals surface area contributed by atoms with Crippen LogP contribution >= 0.6 is 11.6 Å². The molecule has 0 spiro atoms. The van der Waals surface area contributed by atoms with Crippen LogP contribution in [-0.2, 0) is 26.2 Å². The molecule has 0 aromatic heterocycles. The second-order valence-corrected chi connectivity index (χ2v) is 11.7. The molecule has 2 amide bonds. The number of carbonyl (C=O) groups is 2. The fraction of sp³-hybridized carbons (Fsp3) is 0.310. The first-order valence-electron chi connectivity index (χ1n) is 12.6. The first-order valence-corrected chi connectivity index (χ1v) is 14.4. The molecule has 0 aliphatic heterocycles. The molecule has 1 N–H and O–H groups in total. The number of aryl methyl sites for hydroxylation is 1. The van der Waals surface area contributed by atoms with Gasteiger partial charge in [-0.1, -0.05) is 54.9 Å². The number of nitrogens with zero attached hydrogens (tertiary/aromatic N) is 2. The molecule has 0 heterocycles. The van der Waals surface area contributed by atoms with Gasteiger partial charge in [0.25, 0.3) is 10.0 Å². The zero-order valence-electron chi connectivity index (χ0n) is 22.4. The molecule has 0 bridgehead atoms. The van der Waals surface area contributed by atoms with Crippen molar-refractivity contribution in [3.8, 4) is 0 Å². The van der Waals surface area contributed by atoms with Gasteiger partial charge in [0, 0.05) is 17.6 Å². The average Bonchev–Trinajstić information content (AvgIpc) is 2.92. The molecule has 0 aliphatic rings. The summed E-state index contributed by atoms with van der Waals surface area (Å²) in [5.74, 6) is -1.42. The summed E-state index contributed by atoms with van der Waals surface area (Å²) in [6.07, 6.45) is 0.696. The van der Waals surface area contributed by atoms with Crippen LogP contribution in [0.25, 0.3) is 0 Å². The highest BCUT2D eigenvalue weighted by molar-refractivity contribution is 7.92. The van der Waals surface area contributed by atoms with E-state index in [9.17, 15) is 22.4 Å². The van der Waals surface area contributed by atoms with Gasteiger partial charge in [-0.3, -0.25) is 13.9 Å². The van der Waals surface area contributed by atoms with E-state index in [4.69, 9.17) is 11.6 Å². The van der Waals surface area contributed by atoms with Gasteiger partial charge in [0.1, 0.15) is 18.4 Å². The van der Waals surface area contributed by atoms with Crippen LogP contribution in [0.2, 0.25) is 5.02 Å². The molecule has 39 heavy (non-hydrogen) atoms. The second-order valence-electron chi connectivity index (χ2n) is 9.40. The Morgan fingerprint density at radius 3 is 2.23 bits per heavy atom. The van der Waals surface area contributed by atoms with Crippen molar-refractivity contribution >= 4 is 39.1 Å². The van der Waals surface area contributed by atoms with E-state index in [1.807, 2.05) is 13.8 Å². The molecule has 10 heteroatoms. The van der Waals surface area contributed by atoms with Crippen molar-refractivity contribution in [2.45, 2.75) is 57.6 Å². The summed E-state index contributed by atoms with van der Waals surface area (Å²) in [6, 6.07) is 17.0. The van der Waals surface area contributed by atoms with E-state index >= 15 is 0 Å². The van der Waals surface area contributed by atoms with E-state index in [1.165, 1.54) is 47.4 Å². The SMILES string of the molecule is CCC(C)NC(=O)C(C)N(Cc1ccc(F)cc1)C(=O)CN(c1ccc(C)c(Cl)c1)S(=O)(=O)c1ccccc1. The molecule has 0 saturated carbocycles. The number of anilines is 1. The largest absolute Gasteiger partial charge is 0.352 e. The quantitative estimate of drug-likeness (QED) is 0.337. The van der Waals surface area contributed by atoms with E-state index < -0.39 is 34.3 Å². The number of hydrogen-bond donors (Lipinski definition) is 1. The van der Waals surface area contributed by atoms with Gasteiger partial charge in [-0.25, -0.2) is 12.8 Å². The second kappa shape index (κ2) is 13.1. The summed E-state index contributed by atoms with van der Waals surface area (Å²) in [6.45, 7) is 6.54. The van der Waals surface area contributed by atoms with Gasteiger partial charge in [0.05, 0.1) is 10.6 Å². The fourth-order valence-corrected chi connectivity index (χ4v) is 5.42. The number of amides is 2. The fourth-order valence-electron chi connectivity index (χ4n) is 3.82. The van der Waals surface area contributed by atoms with E-state index in [-0.39, 0.29) is 29.1 Å². The summed E-state index contributed by atoms with van der Waals surface area (Å²) in [7, 11) is -4.18. The summed E-state index contributed by atoms with van der Waals surface area (Å²) in [5.41, 5.74) is 1.54. The van der Waals surface area contributed by atoms with Crippen molar-refractivity contribution in [3.05, 3.63) is 94.8 Å². The normalized spacial score (nSPS) is 12.9. The highest BCUT2D eigenvalue weighted by Crippen LogP contribution is 2.28. The minimum Gasteiger partial charge on any atom is -0.352 e. The maximum atomic E-state index is 13.9. The van der Waals surface area contributed by atoms with Crippen LogP contribution in [0.3, 0.4) is 0 Å². The summed E-state index contributed by atoms with van der Waals surface area (Å²) >= 11 is 6.33. The zero-order valence-corrected chi connectivity index (χ0v) is 24.0. The minimum atomic E-state index is -4.18. The topological polar surface area (TPSA) is 86.8 Å². The molecule has 208 valence electrons. The van der Waals surface area contributed by atoms with E-state index in [1.54, 1.807) is 44.2 Å². The first-order chi connectivity index (χ1) is 18.4. The van der Waals surface area contributed by atoms with Gasteiger partial charge in [-0.15, -0.1) is 0 Å². The maximum absolute atomic E-state index is 13.9. The predicted molar refractivity (Wildman–Crippen MR) is 151 cm³/mol. The predicted octanol–water partition coefficient (Wildman–Crippen LogP) is 5.31. The third kappa shape index (κ3) is 7.58. The standard InChI is InChI=1S/C29H33ClFN3O4S/c1-5-21(3)32-29(36)22(4)33(18-23-12-14-24(31)15-13-23)28(35)19-34(25-16-11-20(2)27(30)17-25)39(37,38)26-9-7-6-8-10-26/h6-17,21-22H,5,18-19H2,1-4H3,(H,32,36). The highest BCUT2D eigenvalue weighted by Gasteiger charge is 2.33. The van der Waals surface area contributed by atoms with Crippen molar-refractivity contribution in [2.24, 2.45) is 0 Å². The van der Waals surface area contributed by atoms with Crippen LogP contribution in [0.15, 0.2) is 77.7 Å². The number of halogens is 2. The Kier molecular flexibility index (Phi) is 10.1. The number of rotatable bonds is 11. The number of nitrogens with one attached hydrogen (secondary N) is 1. The van der Waals surface area contributed by atoms with Crippen LogP contribution in [0.1, 0.15) is 38.3 Å². The summed E-state index contributed by atoms with van der Waals surface area (Å²) in [5, 5.41) is 3.22. The Morgan fingerprint density at radius 2 is 1.64 bits per heavy atom. The molecule has 3 aromatic rings. The van der Waals surface area contributed by atoms with Gasteiger partial charge in [0.15, 0.2) is 0 Å². The molecule has 3 rings (SSSR count). The van der Waals surface area contributed by atoms with Crippen LogP contribution in [0.5, 0.6) is 0 Å². The number of sulfonamides is 1. The Balaban J connectivity index is 2.03. The molecule has 7 nitrogen and oxygen atoms in total. The lowest BCUT2D eigenvalue weighted by Gasteiger charge is -2.32. The minimum absolute atomic E-state index is 0.00199. The molecule has 2 unspecified atom stereocenters. The molecular weight excluding hydrogens is 541 g/mol. The Labute approximate surface area is 234 Å². The van der Waals surface area contributed by atoms with Gasteiger partial charge in [0.2, 0.25) is 11.8 Å². The molecule has 0 radical (unpaired) electrons.